The molecule has 20 heavy (non-hydrogen) atoms. The van der Waals surface area contributed by atoms with Crippen LogP contribution in [0.3, 0.4) is 0 Å². The van der Waals surface area contributed by atoms with Gasteiger partial charge < -0.3 is 4.74 Å². The topological polar surface area (TPSA) is 55.4 Å². The summed E-state index contributed by atoms with van der Waals surface area (Å²) in [5.74, 6) is 0.655. The van der Waals surface area contributed by atoms with Crippen LogP contribution in [0.4, 0.5) is 0 Å². The zero-order valence-corrected chi connectivity index (χ0v) is 14.0. The van der Waals surface area contributed by atoms with Gasteiger partial charge in [-0.25, -0.2) is 13.1 Å². The molecule has 1 rings (SSSR count). The summed E-state index contributed by atoms with van der Waals surface area (Å²) in [4.78, 5) is 0.209. The van der Waals surface area contributed by atoms with E-state index in [0.717, 1.165) is 5.56 Å². The lowest BCUT2D eigenvalue weighted by Gasteiger charge is -2.22. The molecule has 0 fully saturated rings. The van der Waals surface area contributed by atoms with Gasteiger partial charge in [-0.3, -0.25) is 0 Å². The van der Waals surface area contributed by atoms with Crippen molar-refractivity contribution in [2.24, 2.45) is 0 Å². The van der Waals surface area contributed by atoms with E-state index >= 15 is 0 Å². The second-order valence-electron chi connectivity index (χ2n) is 6.15. The van der Waals surface area contributed by atoms with E-state index in [-0.39, 0.29) is 10.8 Å². The van der Waals surface area contributed by atoms with Crippen LogP contribution in [0.15, 0.2) is 23.1 Å². The first-order valence-electron chi connectivity index (χ1n) is 6.87. The van der Waals surface area contributed by atoms with Gasteiger partial charge in [-0.15, -0.1) is 0 Å². The van der Waals surface area contributed by atoms with E-state index in [9.17, 15) is 8.42 Å². The van der Waals surface area contributed by atoms with Gasteiger partial charge in [0.1, 0.15) is 10.6 Å². The number of ether oxygens (including phenoxy) is 1. The van der Waals surface area contributed by atoms with Crippen LogP contribution in [0.2, 0.25) is 0 Å². The van der Waals surface area contributed by atoms with Gasteiger partial charge in [-0.2, -0.15) is 0 Å². The predicted molar refractivity (Wildman–Crippen MR) is 81.8 cm³/mol. The van der Waals surface area contributed by atoms with Gasteiger partial charge in [0.05, 0.1) is 6.61 Å². The van der Waals surface area contributed by atoms with E-state index in [1.54, 1.807) is 12.1 Å². The summed E-state index contributed by atoms with van der Waals surface area (Å²) >= 11 is 0. The van der Waals surface area contributed by atoms with Crippen molar-refractivity contribution in [3.05, 3.63) is 23.8 Å². The molecular formula is C15H25NO3S. The van der Waals surface area contributed by atoms with Gasteiger partial charge in [0.25, 0.3) is 0 Å². The lowest BCUT2D eigenvalue weighted by molar-refractivity contribution is 0.330. The van der Waals surface area contributed by atoms with Gasteiger partial charge in [-0.1, -0.05) is 19.9 Å². The maximum atomic E-state index is 12.5. The third kappa shape index (κ3) is 4.49. The second-order valence-corrected chi connectivity index (χ2v) is 7.80. The fourth-order valence-corrected chi connectivity index (χ4v) is 3.43. The van der Waals surface area contributed by atoms with Gasteiger partial charge in [0.15, 0.2) is 0 Å². The largest absolute Gasteiger partial charge is 0.492 e. The smallest absolute Gasteiger partial charge is 0.244 e. The molecule has 0 heterocycles. The fourth-order valence-electron chi connectivity index (χ4n) is 1.83. The Labute approximate surface area is 122 Å². The van der Waals surface area contributed by atoms with Crippen molar-refractivity contribution in [1.29, 1.82) is 0 Å². The normalized spacial score (nSPS) is 12.8. The highest BCUT2D eigenvalue weighted by Crippen LogP contribution is 2.29. The molecule has 0 radical (unpaired) electrons. The molecule has 0 saturated heterocycles. The molecule has 1 N–H and O–H groups in total. The summed E-state index contributed by atoms with van der Waals surface area (Å²) < 4.78 is 33.2. The molecule has 5 heteroatoms. The molecule has 0 aliphatic heterocycles. The second kappa shape index (κ2) is 6.14. The van der Waals surface area contributed by atoms with E-state index in [0.29, 0.717) is 12.4 Å². The zero-order valence-electron chi connectivity index (χ0n) is 13.1. The minimum absolute atomic E-state index is 0.209. The van der Waals surface area contributed by atoms with E-state index in [2.05, 4.69) is 4.72 Å². The average Bonchev–Trinajstić information content (AvgIpc) is 2.26. The summed E-state index contributed by atoms with van der Waals surface area (Å²) in [5, 5.41) is 0. The monoisotopic (exact) mass is 299 g/mol. The zero-order chi connectivity index (χ0) is 15.6. The molecular weight excluding hydrogens is 274 g/mol. The van der Waals surface area contributed by atoms with E-state index < -0.39 is 15.6 Å². The standard InChI is InChI=1S/C15H25NO3S/c1-7-19-13-9-8-12(11(2)3)10-14(13)20(17,18)16-15(4,5)6/h8-11,16H,7H2,1-6H3. The number of hydrogen-bond donors (Lipinski definition) is 1. The Hall–Kier alpha value is -1.07. The van der Waals surface area contributed by atoms with Crippen LogP contribution >= 0.6 is 0 Å². The average molecular weight is 299 g/mol. The SMILES string of the molecule is CCOc1ccc(C(C)C)cc1S(=O)(=O)NC(C)(C)C. The van der Waals surface area contributed by atoms with Gasteiger partial charge in [-0.05, 0) is 51.3 Å². The van der Waals surface area contributed by atoms with E-state index in [1.165, 1.54) is 0 Å². The first-order chi connectivity index (χ1) is 9.07. The molecule has 0 aromatic heterocycles. The summed E-state index contributed by atoms with van der Waals surface area (Å²) in [6.07, 6.45) is 0. The van der Waals surface area contributed by atoms with Crippen LogP contribution in [0, 0.1) is 0 Å². The van der Waals surface area contributed by atoms with Gasteiger partial charge >= 0.3 is 0 Å². The maximum absolute atomic E-state index is 12.5. The molecule has 0 spiro atoms. The highest BCUT2D eigenvalue weighted by molar-refractivity contribution is 7.89. The summed E-state index contributed by atoms with van der Waals surface area (Å²) in [7, 11) is -3.60. The third-order valence-corrected chi connectivity index (χ3v) is 4.44. The van der Waals surface area contributed by atoms with Crippen molar-refractivity contribution in [2.45, 2.75) is 57.9 Å². The van der Waals surface area contributed by atoms with Crippen molar-refractivity contribution in [1.82, 2.24) is 4.72 Å². The Morgan fingerprint density at radius 2 is 1.85 bits per heavy atom. The van der Waals surface area contributed by atoms with Crippen molar-refractivity contribution < 1.29 is 13.2 Å². The molecule has 0 atom stereocenters. The van der Waals surface area contributed by atoms with E-state index in [1.807, 2.05) is 47.6 Å². The molecule has 114 valence electrons. The Kier molecular flexibility index (Phi) is 5.21. The number of sulfonamides is 1. The lowest BCUT2D eigenvalue weighted by Crippen LogP contribution is -2.40. The lowest BCUT2D eigenvalue weighted by atomic mass is 10.0. The van der Waals surface area contributed by atoms with Crippen LogP contribution in [0.1, 0.15) is 53.0 Å². The van der Waals surface area contributed by atoms with Crippen molar-refractivity contribution in [3.63, 3.8) is 0 Å². The molecule has 0 aliphatic carbocycles. The Morgan fingerprint density at radius 1 is 1.25 bits per heavy atom. The molecule has 0 unspecified atom stereocenters. The molecule has 0 bridgehead atoms. The van der Waals surface area contributed by atoms with Gasteiger partial charge in [0, 0.05) is 5.54 Å². The Morgan fingerprint density at radius 3 is 2.30 bits per heavy atom. The fraction of sp³-hybridized carbons (Fsp3) is 0.600. The van der Waals surface area contributed by atoms with Crippen molar-refractivity contribution >= 4 is 10.0 Å². The Balaban J connectivity index is 3.35. The predicted octanol–water partition coefficient (Wildman–Crippen LogP) is 3.29. The highest BCUT2D eigenvalue weighted by Gasteiger charge is 2.26. The maximum Gasteiger partial charge on any atom is 0.244 e. The van der Waals surface area contributed by atoms with Crippen LogP contribution in [-0.4, -0.2) is 20.6 Å². The van der Waals surface area contributed by atoms with Gasteiger partial charge in [0.2, 0.25) is 10.0 Å². The first kappa shape index (κ1) is 17.0. The van der Waals surface area contributed by atoms with Crippen LogP contribution < -0.4 is 9.46 Å². The summed E-state index contributed by atoms with van der Waals surface area (Å²) in [5.41, 5.74) is 0.443. The summed E-state index contributed by atoms with van der Waals surface area (Å²) in [6.45, 7) is 11.8. The minimum atomic E-state index is -3.60. The van der Waals surface area contributed by atoms with Crippen LogP contribution in [0.5, 0.6) is 5.75 Å². The van der Waals surface area contributed by atoms with Crippen LogP contribution in [0.25, 0.3) is 0 Å². The van der Waals surface area contributed by atoms with Crippen LogP contribution in [-0.2, 0) is 10.0 Å². The van der Waals surface area contributed by atoms with Crippen molar-refractivity contribution in [2.75, 3.05) is 6.61 Å². The third-order valence-electron chi connectivity index (χ3n) is 2.66. The molecule has 4 nitrogen and oxygen atoms in total. The molecule has 1 aromatic rings. The number of rotatable bonds is 5. The Bertz CT molecular complexity index is 557. The first-order valence-corrected chi connectivity index (χ1v) is 8.36. The minimum Gasteiger partial charge on any atom is -0.492 e. The number of hydrogen-bond acceptors (Lipinski definition) is 3. The van der Waals surface area contributed by atoms with E-state index in [4.69, 9.17) is 4.74 Å². The number of benzene rings is 1. The van der Waals surface area contributed by atoms with Crippen molar-refractivity contribution in [3.8, 4) is 5.75 Å². The number of nitrogens with one attached hydrogen (secondary N) is 1. The molecule has 1 aromatic carbocycles. The summed E-state index contributed by atoms with van der Waals surface area (Å²) in [6, 6.07) is 5.34. The molecule has 0 amide bonds. The highest BCUT2D eigenvalue weighted by atomic mass is 32.2. The molecule has 0 aliphatic rings. The molecule has 0 saturated carbocycles. The quantitative estimate of drug-likeness (QED) is 0.907.